The minimum atomic E-state index is -0.458. The van der Waals surface area contributed by atoms with Crippen LogP contribution in [0.5, 0.6) is 23.0 Å². The summed E-state index contributed by atoms with van der Waals surface area (Å²) in [4.78, 5) is 22.9. The van der Waals surface area contributed by atoms with Crippen LogP contribution in [0.1, 0.15) is 21.5 Å². The zero-order valence-electron chi connectivity index (χ0n) is 20.1. The summed E-state index contributed by atoms with van der Waals surface area (Å²) >= 11 is 3.47. The number of carbonyl (C=O) groups is 1. The molecule has 0 fully saturated rings. The summed E-state index contributed by atoms with van der Waals surface area (Å²) in [6.07, 6.45) is 3.07. The number of halogens is 1. The van der Waals surface area contributed by atoms with Crippen molar-refractivity contribution < 1.29 is 28.7 Å². The van der Waals surface area contributed by atoms with E-state index >= 15 is 0 Å². The minimum absolute atomic E-state index is 0.00642. The Morgan fingerprint density at radius 1 is 1.05 bits per heavy atom. The third-order valence-electron chi connectivity index (χ3n) is 4.94. The molecular formula is C26H24BrN3O7. The number of carbonyl (C=O) groups excluding carboxylic acids is 1. The third-order valence-corrected chi connectivity index (χ3v) is 5.53. The van der Waals surface area contributed by atoms with Crippen LogP contribution in [0.2, 0.25) is 0 Å². The number of nitrogens with zero attached hydrogens (tertiary/aromatic N) is 2. The average Bonchev–Trinajstić information content (AvgIpc) is 2.91. The second-order valence-corrected chi connectivity index (χ2v) is 8.27. The second-order valence-electron chi connectivity index (χ2n) is 7.41. The minimum Gasteiger partial charge on any atom is -0.493 e. The zero-order valence-corrected chi connectivity index (χ0v) is 21.7. The maximum atomic E-state index is 12.5. The van der Waals surface area contributed by atoms with Crippen LogP contribution in [0.25, 0.3) is 0 Å². The molecule has 37 heavy (non-hydrogen) atoms. The van der Waals surface area contributed by atoms with E-state index in [2.05, 4.69) is 33.0 Å². The lowest BCUT2D eigenvalue weighted by Gasteiger charge is -2.13. The van der Waals surface area contributed by atoms with Crippen molar-refractivity contribution in [1.82, 2.24) is 5.43 Å². The number of hydrogen-bond donors (Lipinski definition) is 1. The van der Waals surface area contributed by atoms with Gasteiger partial charge in [0.2, 0.25) is 0 Å². The molecule has 0 aliphatic carbocycles. The largest absolute Gasteiger partial charge is 0.493 e. The monoisotopic (exact) mass is 569 g/mol. The van der Waals surface area contributed by atoms with E-state index in [0.717, 1.165) is 5.56 Å². The summed E-state index contributed by atoms with van der Waals surface area (Å²) in [5.41, 5.74) is 4.21. The molecule has 0 aromatic heterocycles. The SMILES string of the molecule is C=CCOc1ccc(C(=O)N/N=C/c2cc(Br)c(OCc3ccc([N+](=O)[O-])cc3)c(OC)c2)cc1OC. The lowest BCUT2D eigenvalue weighted by atomic mass is 10.2. The molecule has 11 heteroatoms. The average molecular weight is 570 g/mol. The number of nitro groups is 1. The predicted molar refractivity (Wildman–Crippen MR) is 142 cm³/mol. The highest BCUT2D eigenvalue weighted by Crippen LogP contribution is 2.37. The van der Waals surface area contributed by atoms with Crippen LogP contribution < -0.4 is 24.4 Å². The van der Waals surface area contributed by atoms with E-state index in [1.807, 2.05) is 0 Å². The Morgan fingerprint density at radius 3 is 2.43 bits per heavy atom. The van der Waals surface area contributed by atoms with E-state index < -0.39 is 10.8 Å². The van der Waals surface area contributed by atoms with E-state index in [0.29, 0.717) is 45.2 Å². The van der Waals surface area contributed by atoms with Crippen molar-refractivity contribution in [3.63, 3.8) is 0 Å². The fourth-order valence-electron chi connectivity index (χ4n) is 3.13. The van der Waals surface area contributed by atoms with Crippen molar-refractivity contribution >= 4 is 33.7 Å². The van der Waals surface area contributed by atoms with Gasteiger partial charge in [-0.25, -0.2) is 5.43 Å². The maximum absolute atomic E-state index is 12.5. The number of amides is 1. The molecule has 3 aromatic rings. The number of rotatable bonds is 12. The van der Waals surface area contributed by atoms with Gasteiger partial charge in [0, 0.05) is 17.7 Å². The van der Waals surface area contributed by atoms with Crippen molar-refractivity contribution in [2.75, 3.05) is 20.8 Å². The molecular weight excluding hydrogens is 546 g/mol. The molecule has 0 atom stereocenters. The number of non-ortho nitro benzene ring substituents is 1. The number of ether oxygens (including phenoxy) is 4. The summed E-state index contributed by atoms with van der Waals surface area (Å²) < 4.78 is 22.7. The molecule has 192 valence electrons. The van der Waals surface area contributed by atoms with Crippen molar-refractivity contribution in [3.8, 4) is 23.0 Å². The molecule has 1 N–H and O–H groups in total. The molecule has 1 amide bonds. The van der Waals surface area contributed by atoms with Gasteiger partial charge in [-0.2, -0.15) is 5.10 Å². The standard InChI is InChI=1S/C26H24BrN3O7/c1-4-11-36-22-10-7-19(14-23(22)34-2)26(31)29-28-15-18-12-21(27)25(24(13-18)35-3)37-16-17-5-8-20(9-6-17)30(32)33/h4-10,12-15H,1,11,16H2,2-3H3,(H,29,31)/b28-15+. The van der Waals surface area contributed by atoms with Crippen LogP contribution in [0, 0.1) is 10.1 Å². The van der Waals surface area contributed by atoms with Gasteiger partial charge in [-0.1, -0.05) is 12.7 Å². The van der Waals surface area contributed by atoms with Gasteiger partial charge in [0.15, 0.2) is 23.0 Å². The Kier molecular flexibility index (Phi) is 9.61. The van der Waals surface area contributed by atoms with Gasteiger partial charge in [-0.15, -0.1) is 0 Å². The lowest BCUT2D eigenvalue weighted by molar-refractivity contribution is -0.384. The summed E-state index contributed by atoms with van der Waals surface area (Å²) in [5, 5.41) is 14.8. The third kappa shape index (κ3) is 7.31. The van der Waals surface area contributed by atoms with Gasteiger partial charge in [-0.3, -0.25) is 14.9 Å². The number of hydrazone groups is 1. The molecule has 0 spiro atoms. The maximum Gasteiger partial charge on any atom is 0.271 e. The summed E-state index contributed by atoms with van der Waals surface area (Å²) in [6.45, 7) is 4.09. The Bertz CT molecular complexity index is 1310. The molecule has 0 radical (unpaired) electrons. The zero-order chi connectivity index (χ0) is 26.8. The first kappa shape index (κ1) is 27.2. The predicted octanol–water partition coefficient (Wildman–Crippen LogP) is 5.28. The van der Waals surface area contributed by atoms with Crippen molar-refractivity contribution in [3.05, 3.63) is 98.5 Å². The molecule has 0 heterocycles. The van der Waals surface area contributed by atoms with Gasteiger partial charge in [0.25, 0.3) is 11.6 Å². The first-order chi connectivity index (χ1) is 17.9. The second kappa shape index (κ2) is 13.1. The van der Waals surface area contributed by atoms with E-state index in [-0.39, 0.29) is 12.3 Å². The molecule has 0 bridgehead atoms. The van der Waals surface area contributed by atoms with E-state index in [4.69, 9.17) is 18.9 Å². The number of hydrogen-bond acceptors (Lipinski definition) is 8. The summed E-state index contributed by atoms with van der Waals surface area (Å²) in [7, 11) is 2.99. The molecule has 10 nitrogen and oxygen atoms in total. The molecule has 3 aromatic carbocycles. The number of benzene rings is 3. The van der Waals surface area contributed by atoms with Crippen molar-refractivity contribution in [2.45, 2.75) is 6.61 Å². The topological polar surface area (TPSA) is 122 Å². The Balaban J connectivity index is 1.66. The van der Waals surface area contributed by atoms with Gasteiger partial charge in [0.1, 0.15) is 13.2 Å². The molecule has 0 aliphatic rings. The molecule has 0 unspecified atom stereocenters. The fourth-order valence-corrected chi connectivity index (χ4v) is 3.70. The Labute approximate surface area is 221 Å². The summed E-state index contributed by atoms with van der Waals surface area (Å²) in [6, 6.07) is 14.3. The summed E-state index contributed by atoms with van der Waals surface area (Å²) in [5.74, 6) is 1.36. The van der Waals surface area contributed by atoms with Gasteiger partial charge in [-0.05, 0) is 69.5 Å². The fraction of sp³-hybridized carbons (Fsp3) is 0.154. The highest BCUT2D eigenvalue weighted by molar-refractivity contribution is 9.10. The number of nitro benzene ring substituents is 1. The van der Waals surface area contributed by atoms with Gasteiger partial charge >= 0.3 is 0 Å². The molecule has 0 aliphatic heterocycles. The van der Waals surface area contributed by atoms with Crippen LogP contribution in [-0.2, 0) is 6.61 Å². The molecule has 0 saturated heterocycles. The highest BCUT2D eigenvalue weighted by atomic mass is 79.9. The van der Waals surface area contributed by atoms with Crippen LogP contribution >= 0.6 is 15.9 Å². The Morgan fingerprint density at radius 2 is 1.78 bits per heavy atom. The van der Waals surface area contributed by atoms with Crippen LogP contribution in [0.15, 0.2) is 76.8 Å². The van der Waals surface area contributed by atoms with Crippen molar-refractivity contribution in [2.24, 2.45) is 5.10 Å². The van der Waals surface area contributed by atoms with E-state index in [1.54, 1.807) is 48.5 Å². The first-order valence-corrected chi connectivity index (χ1v) is 11.6. The van der Waals surface area contributed by atoms with Crippen LogP contribution in [0.3, 0.4) is 0 Å². The normalized spacial score (nSPS) is 10.6. The highest BCUT2D eigenvalue weighted by Gasteiger charge is 2.13. The Hall–Kier alpha value is -4.38. The van der Waals surface area contributed by atoms with E-state index in [1.165, 1.54) is 32.6 Å². The molecule has 3 rings (SSSR count). The number of nitrogens with one attached hydrogen (secondary N) is 1. The smallest absolute Gasteiger partial charge is 0.271 e. The quantitative estimate of drug-likeness (QED) is 0.136. The van der Waals surface area contributed by atoms with Crippen LogP contribution in [-0.4, -0.2) is 37.9 Å². The van der Waals surface area contributed by atoms with E-state index in [9.17, 15) is 14.9 Å². The van der Waals surface area contributed by atoms with Crippen molar-refractivity contribution in [1.29, 1.82) is 0 Å². The van der Waals surface area contributed by atoms with Gasteiger partial charge < -0.3 is 18.9 Å². The first-order valence-electron chi connectivity index (χ1n) is 10.8. The molecule has 0 saturated carbocycles. The van der Waals surface area contributed by atoms with Crippen LogP contribution in [0.4, 0.5) is 5.69 Å². The van der Waals surface area contributed by atoms with Gasteiger partial charge in [0.05, 0.1) is 29.8 Å². The number of methoxy groups -OCH3 is 2. The lowest BCUT2D eigenvalue weighted by Crippen LogP contribution is -2.17.